The van der Waals surface area contributed by atoms with Crippen LogP contribution in [0.2, 0.25) is 0 Å². The van der Waals surface area contributed by atoms with Crippen LogP contribution in [0.5, 0.6) is 0 Å². The minimum absolute atomic E-state index is 0.0422. The number of H-pyrrole nitrogens is 1. The maximum absolute atomic E-state index is 11.6. The molecule has 0 saturated heterocycles. The maximum Gasteiger partial charge on any atom is 0.355 e. The fourth-order valence-electron chi connectivity index (χ4n) is 1.18. The van der Waals surface area contributed by atoms with Gasteiger partial charge in [0.2, 0.25) is 11.9 Å². The summed E-state index contributed by atoms with van der Waals surface area (Å²) >= 11 is 0. The number of carbonyl (C=O) groups is 1. The molecule has 0 spiro atoms. The van der Waals surface area contributed by atoms with Crippen molar-refractivity contribution in [2.45, 2.75) is 26.8 Å². The molecule has 1 rings (SSSR count). The van der Waals surface area contributed by atoms with Crippen molar-refractivity contribution in [3.8, 4) is 0 Å². The molecule has 1 heterocycles. The van der Waals surface area contributed by atoms with Crippen molar-refractivity contribution in [1.29, 1.82) is 0 Å². The lowest BCUT2D eigenvalue weighted by Crippen LogP contribution is -2.41. The number of nitrogens with one attached hydrogen (secondary N) is 1. The highest BCUT2D eigenvalue weighted by atomic mass is 16.2. The topological polar surface area (TPSA) is 88.1 Å². The summed E-state index contributed by atoms with van der Waals surface area (Å²) in [5.74, 6) is -0.357. The van der Waals surface area contributed by atoms with Gasteiger partial charge >= 0.3 is 11.4 Å². The van der Waals surface area contributed by atoms with Crippen LogP contribution in [0.15, 0.2) is 9.59 Å². The first-order chi connectivity index (χ1) is 7.34. The van der Waals surface area contributed by atoms with Gasteiger partial charge in [0.15, 0.2) is 0 Å². The van der Waals surface area contributed by atoms with E-state index in [1.54, 1.807) is 13.8 Å². The third kappa shape index (κ3) is 2.18. The van der Waals surface area contributed by atoms with Crippen molar-refractivity contribution in [3.63, 3.8) is 0 Å². The average Bonchev–Trinajstić information content (AvgIpc) is 2.14. The molecule has 1 aromatic rings. The molecule has 1 amide bonds. The lowest BCUT2D eigenvalue weighted by Gasteiger charge is -2.14. The van der Waals surface area contributed by atoms with E-state index in [9.17, 15) is 14.4 Å². The van der Waals surface area contributed by atoms with E-state index in [1.165, 1.54) is 14.0 Å². The Morgan fingerprint density at radius 3 is 2.38 bits per heavy atom. The molecule has 0 aliphatic carbocycles. The second-order valence-electron chi connectivity index (χ2n) is 3.69. The normalized spacial score (nSPS) is 10.6. The molecule has 0 atom stereocenters. The van der Waals surface area contributed by atoms with Gasteiger partial charge in [-0.05, 0) is 13.8 Å². The fourth-order valence-corrected chi connectivity index (χ4v) is 1.18. The van der Waals surface area contributed by atoms with Gasteiger partial charge in [0.25, 0.3) is 0 Å². The minimum atomic E-state index is -0.665. The van der Waals surface area contributed by atoms with E-state index in [-0.39, 0.29) is 17.9 Å². The van der Waals surface area contributed by atoms with Crippen LogP contribution >= 0.6 is 0 Å². The van der Waals surface area contributed by atoms with Crippen molar-refractivity contribution in [2.24, 2.45) is 0 Å². The number of aromatic amines is 1. The summed E-state index contributed by atoms with van der Waals surface area (Å²) in [6, 6.07) is -0.277. The van der Waals surface area contributed by atoms with Crippen LogP contribution in [0, 0.1) is 0 Å². The highest BCUT2D eigenvalue weighted by molar-refractivity contribution is 5.88. The van der Waals surface area contributed by atoms with Gasteiger partial charge in [0.1, 0.15) is 0 Å². The molecule has 0 radical (unpaired) electrons. The van der Waals surface area contributed by atoms with Crippen LogP contribution < -0.4 is 16.3 Å². The van der Waals surface area contributed by atoms with Gasteiger partial charge in [-0.3, -0.25) is 14.7 Å². The molecule has 1 N–H and O–H groups in total. The summed E-state index contributed by atoms with van der Waals surface area (Å²) < 4.78 is 0.984. The number of hydrogen-bond donors (Lipinski definition) is 1. The van der Waals surface area contributed by atoms with Crippen LogP contribution in [-0.2, 0) is 4.79 Å². The number of anilines is 1. The first-order valence-corrected chi connectivity index (χ1v) is 4.81. The van der Waals surface area contributed by atoms with Crippen LogP contribution in [0.4, 0.5) is 5.95 Å². The zero-order valence-corrected chi connectivity index (χ0v) is 9.64. The predicted molar refractivity (Wildman–Crippen MR) is 58.6 cm³/mol. The van der Waals surface area contributed by atoms with Crippen molar-refractivity contribution in [1.82, 2.24) is 14.5 Å². The molecular formula is C9H14N4O3. The van der Waals surface area contributed by atoms with Crippen LogP contribution in [-0.4, -0.2) is 27.5 Å². The van der Waals surface area contributed by atoms with E-state index >= 15 is 0 Å². The van der Waals surface area contributed by atoms with Gasteiger partial charge in [0.05, 0.1) is 0 Å². The minimum Gasteiger partial charge on any atom is -0.285 e. The maximum atomic E-state index is 11.6. The molecule has 7 heteroatoms. The van der Waals surface area contributed by atoms with Gasteiger partial charge in [-0.1, -0.05) is 0 Å². The van der Waals surface area contributed by atoms with Crippen molar-refractivity contribution >= 4 is 11.9 Å². The Bertz CT molecular complexity index is 483. The second-order valence-corrected chi connectivity index (χ2v) is 3.69. The zero-order valence-electron chi connectivity index (χ0n) is 9.64. The molecule has 88 valence electrons. The number of amides is 1. The molecule has 0 unspecified atom stereocenters. The number of rotatable bonds is 2. The summed E-state index contributed by atoms with van der Waals surface area (Å²) in [5, 5.41) is 0. The zero-order chi connectivity index (χ0) is 12.5. The Labute approximate surface area is 91.7 Å². The molecule has 0 aliphatic heterocycles. The molecule has 0 saturated carbocycles. The molecular weight excluding hydrogens is 212 g/mol. The SMILES string of the molecule is CC(=O)N(C)c1nc(=O)n(C(C)C)c(=O)[nH]1. The standard InChI is InChI=1S/C9H14N4O3/c1-5(2)13-8(15)10-7(11-9(13)16)12(4)6(3)14/h5H,1-4H3,(H,10,11,15,16). The summed E-state index contributed by atoms with van der Waals surface area (Å²) in [5.41, 5.74) is -1.24. The molecule has 0 bridgehead atoms. The molecule has 0 aliphatic rings. The van der Waals surface area contributed by atoms with Crippen LogP contribution in [0.1, 0.15) is 26.8 Å². The number of nitrogens with zero attached hydrogens (tertiary/aromatic N) is 3. The summed E-state index contributed by atoms with van der Waals surface area (Å²) in [7, 11) is 1.43. The Morgan fingerprint density at radius 1 is 1.44 bits per heavy atom. The van der Waals surface area contributed by atoms with E-state index in [4.69, 9.17) is 0 Å². The Hall–Kier alpha value is -1.92. The van der Waals surface area contributed by atoms with E-state index in [0.29, 0.717) is 0 Å². The molecule has 7 nitrogen and oxygen atoms in total. The van der Waals surface area contributed by atoms with Crippen molar-refractivity contribution in [2.75, 3.05) is 11.9 Å². The van der Waals surface area contributed by atoms with Crippen molar-refractivity contribution in [3.05, 3.63) is 21.0 Å². The first kappa shape index (κ1) is 12.2. The van der Waals surface area contributed by atoms with Gasteiger partial charge in [-0.25, -0.2) is 14.2 Å². The van der Waals surface area contributed by atoms with Crippen molar-refractivity contribution < 1.29 is 4.79 Å². The summed E-state index contributed by atoms with van der Waals surface area (Å²) in [4.78, 5) is 41.2. The monoisotopic (exact) mass is 226 g/mol. The Morgan fingerprint density at radius 2 is 2.00 bits per heavy atom. The van der Waals surface area contributed by atoms with Gasteiger partial charge in [-0.2, -0.15) is 4.98 Å². The quantitative estimate of drug-likeness (QED) is 0.736. The van der Waals surface area contributed by atoms with Gasteiger partial charge in [0, 0.05) is 20.0 Å². The van der Waals surface area contributed by atoms with Gasteiger partial charge < -0.3 is 0 Å². The highest BCUT2D eigenvalue weighted by Crippen LogP contribution is 1.99. The van der Waals surface area contributed by atoms with E-state index in [0.717, 1.165) is 9.47 Å². The summed E-state index contributed by atoms with van der Waals surface area (Å²) in [6.45, 7) is 4.72. The fraction of sp³-hybridized carbons (Fsp3) is 0.556. The third-order valence-electron chi connectivity index (χ3n) is 2.15. The Kier molecular flexibility index (Phi) is 3.26. The lowest BCUT2D eigenvalue weighted by molar-refractivity contribution is -0.116. The second kappa shape index (κ2) is 4.30. The number of hydrogen-bond acceptors (Lipinski definition) is 4. The number of carbonyl (C=O) groups excluding carboxylic acids is 1. The lowest BCUT2D eigenvalue weighted by atomic mass is 10.4. The van der Waals surface area contributed by atoms with E-state index in [1.807, 2.05) is 0 Å². The predicted octanol–water partition coefficient (Wildman–Crippen LogP) is -0.505. The average molecular weight is 226 g/mol. The van der Waals surface area contributed by atoms with E-state index in [2.05, 4.69) is 9.97 Å². The smallest absolute Gasteiger partial charge is 0.285 e. The molecule has 0 fully saturated rings. The third-order valence-corrected chi connectivity index (χ3v) is 2.15. The number of aromatic nitrogens is 3. The first-order valence-electron chi connectivity index (χ1n) is 4.81. The molecule has 16 heavy (non-hydrogen) atoms. The van der Waals surface area contributed by atoms with Crippen LogP contribution in [0.3, 0.4) is 0 Å². The van der Waals surface area contributed by atoms with Crippen LogP contribution in [0.25, 0.3) is 0 Å². The largest absolute Gasteiger partial charge is 0.355 e. The molecule has 1 aromatic heterocycles. The Balaban J connectivity index is 3.37. The van der Waals surface area contributed by atoms with E-state index < -0.39 is 11.4 Å². The summed E-state index contributed by atoms with van der Waals surface area (Å²) in [6.07, 6.45) is 0. The molecule has 0 aromatic carbocycles. The van der Waals surface area contributed by atoms with Gasteiger partial charge in [-0.15, -0.1) is 0 Å². The highest BCUT2D eigenvalue weighted by Gasteiger charge is 2.13.